The first-order valence-electron chi connectivity index (χ1n) is 6.09. The second-order valence-electron chi connectivity index (χ2n) is 5.59. The molecule has 90 valence electrons. The van der Waals surface area contributed by atoms with Crippen LogP contribution in [0.4, 0.5) is 0 Å². The molecule has 3 nitrogen and oxygen atoms in total. The third-order valence-electron chi connectivity index (χ3n) is 3.62. The van der Waals surface area contributed by atoms with Gasteiger partial charge in [-0.05, 0) is 25.2 Å². The second-order valence-corrected chi connectivity index (χ2v) is 5.59. The SMILES string of the molecule is CC(C)NC1CCC(O)(C(C)C)CC1N. The first kappa shape index (κ1) is 12.9. The van der Waals surface area contributed by atoms with Crippen LogP contribution in [-0.2, 0) is 0 Å². The summed E-state index contributed by atoms with van der Waals surface area (Å²) < 4.78 is 0. The van der Waals surface area contributed by atoms with Crippen LogP contribution in [0.25, 0.3) is 0 Å². The van der Waals surface area contributed by atoms with Crippen molar-refractivity contribution in [2.24, 2.45) is 11.7 Å². The smallest absolute Gasteiger partial charge is 0.0686 e. The lowest BCUT2D eigenvalue weighted by Gasteiger charge is -2.43. The van der Waals surface area contributed by atoms with E-state index in [0.29, 0.717) is 18.0 Å². The van der Waals surface area contributed by atoms with E-state index in [4.69, 9.17) is 5.73 Å². The van der Waals surface area contributed by atoms with Gasteiger partial charge in [-0.25, -0.2) is 0 Å². The lowest BCUT2D eigenvalue weighted by atomic mass is 9.73. The van der Waals surface area contributed by atoms with E-state index in [0.717, 1.165) is 19.3 Å². The Morgan fingerprint density at radius 2 is 1.93 bits per heavy atom. The van der Waals surface area contributed by atoms with E-state index >= 15 is 0 Å². The Balaban J connectivity index is 2.54. The fourth-order valence-electron chi connectivity index (χ4n) is 2.43. The second kappa shape index (κ2) is 4.81. The third kappa shape index (κ3) is 3.16. The van der Waals surface area contributed by atoms with Crippen molar-refractivity contribution >= 4 is 0 Å². The monoisotopic (exact) mass is 214 g/mol. The topological polar surface area (TPSA) is 58.3 Å². The zero-order chi connectivity index (χ0) is 11.6. The van der Waals surface area contributed by atoms with Gasteiger partial charge in [0, 0.05) is 18.1 Å². The molecular formula is C12H26N2O. The average Bonchev–Trinajstić information content (AvgIpc) is 2.09. The summed E-state index contributed by atoms with van der Waals surface area (Å²) in [4.78, 5) is 0. The number of hydrogen-bond acceptors (Lipinski definition) is 3. The van der Waals surface area contributed by atoms with Gasteiger partial charge < -0.3 is 16.2 Å². The minimum atomic E-state index is -0.547. The predicted octanol–water partition coefficient (Wildman–Crippen LogP) is 1.25. The molecule has 0 aromatic heterocycles. The van der Waals surface area contributed by atoms with Crippen LogP contribution in [-0.4, -0.2) is 28.8 Å². The van der Waals surface area contributed by atoms with Gasteiger partial charge in [0.25, 0.3) is 0 Å². The van der Waals surface area contributed by atoms with Crippen LogP contribution in [0.5, 0.6) is 0 Å². The molecule has 3 atom stereocenters. The largest absolute Gasteiger partial charge is 0.390 e. The van der Waals surface area contributed by atoms with Crippen LogP contribution in [0.1, 0.15) is 47.0 Å². The molecule has 0 bridgehead atoms. The minimum Gasteiger partial charge on any atom is -0.390 e. The van der Waals surface area contributed by atoms with Crippen molar-refractivity contribution in [1.29, 1.82) is 0 Å². The highest BCUT2D eigenvalue weighted by atomic mass is 16.3. The Labute approximate surface area is 93.4 Å². The van der Waals surface area contributed by atoms with E-state index in [9.17, 15) is 5.11 Å². The minimum absolute atomic E-state index is 0.0774. The molecule has 0 spiro atoms. The van der Waals surface area contributed by atoms with Gasteiger partial charge in [0.05, 0.1) is 5.60 Å². The van der Waals surface area contributed by atoms with E-state index in [1.807, 2.05) is 0 Å². The Morgan fingerprint density at radius 1 is 1.33 bits per heavy atom. The molecule has 4 N–H and O–H groups in total. The highest BCUT2D eigenvalue weighted by Gasteiger charge is 2.39. The molecule has 0 saturated heterocycles. The van der Waals surface area contributed by atoms with E-state index in [1.54, 1.807) is 0 Å². The van der Waals surface area contributed by atoms with Crippen LogP contribution in [0.15, 0.2) is 0 Å². The van der Waals surface area contributed by atoms with Gasteiger partial charge >= 0.3 is 0 Å². The molecule has 15 heavy (non-hydrogen) atoms. The Kier molecular flexibility index (Phi) is 4.15. The molecule has 0 radical (unpaired) electrons. The molecule has 0 aromatic carbocycles. The zero-order valence-electron chi connectivity index (χ0n) is 10.5. The van der Waals surface area contributed by atoms with E-state index in [-0.39, 0.29) is 6.04 Å². The lowest BCUT2D eigenvalue weighted by Crippen LogP contribution is -2.57. The Morgan fingerprint density at radius 3 is 2.33 bits per heavy atom. The van der Waals surface area contributed by atoms with Crippen LogP contribution >= 0.6 is 0 Å². The van der Waals surface area contributed by atoms with E-state index in [2.05, 4.69) is 33.0 Å². The van der Waals surface area contributed by atoms with Crippen LogP contribution in [0, 0.1) is 5.92 Å². The molecule has 1 aliphatic rings. The molecule has 3 heteroatoms. The van der Waals surface area contributed by atoms with Crippen molar-refractivity contribution < 1.29 is 5.11 Å². The molecule has 0 heterocycles. The van der Waals surface area contributed by atoms with Crippen molar-refractivity contribution in [3.63, 3.8) is 0 Å². The normalized spacial score (nSPS) is 37.6. The summed E-state index contributed by atoms with van der Waals surface area (Å²) in [5, 5.41) is 13.8. The van der Waals surface area contributed by atoms with E-state index in [1.165, 1.54) is 0 Å². The van der Waals surface area contributed by atoms with Crippen molar-refractivity contribution in [1.82, 2.24) is 5.32 Å². The van der Waals surface area contributed by atoms with Crippen LogP contribution < -0.4 is 11.1 Å². The maximum Gasteiger partial charge on any atom is 0.0686 e. The first-order valence-corrected chi connectivity index (χ1v) is 6.09. The number of nitrogens with two attached hydrogens (primary N) is 1. The first-order chi connectivity index (χ1) is 6.85. The number of rotatable bonds is 3. The van der Waals surface area contributed by atoms with E-state index < -0.39 is 5.60 Å². The molecule has 1 aliphatic carbocycles. The fourth-order valence-corrected chi connectivity index (χ4v) is 2.43. The van der Waals surface area contributed by atoms with Crippen molar-refractivity contribution in [2.75, 3.05) is 0 Å². The molecule has 1 saturated carbocycles. The number of aliphatic hydroxyl groups is 1. The third-order valence-corrected chi connectivity index (χ3v) is 3.62. The summed E-state index contributed by atoms with van der Waals surface area (Å²) in [5.41, 5.74) is 5.57. The van der Waals surface area contributed by atoms with Crippen molar-refractivity contribution in [2.45, 2.75) is 70.7 Å². The molecule has 3 unspecified atom stereocenters. The highest BCUT2D eigenvalue weighted by molar-refractivity contribution is 4.97. The van der Waals surface area contributed by atoms with Crippen LogP contribution in [0.3, 0.4) is 0 Å². The summed E-state index contributed by atoms with van der Waals surface area (Å²) >= 11 is 0. The summed E-state index contributed by atoms with van der Waals surface area (Å²) in [6.07, 6.45) is 2.56. The zero-order valence-corrected chi connectivity index (χ0v) is 10.5. The summed E-state index contributed by atoms with van der Waals surface area (Å²) in [6.45, 7) is 8.41. The van der Waals surface area contributed by atoms with Gasteiger partial charge in [-0.2, -0.15) is 0 Å². The van der Waals surface area contributed by atoms with Crippen molar-refractivity contribution in [3.8, 4) is 0 Å². The average molecular weight is 214 g/mol. The van der Waals surface area contributed by atoms with Crippen molar-refractivity contribution in [3.05, 3.63) is 0 Å². The molecule has 1 rings (SSSR count). The summed E-state index contributed by atoms with van der Waals surface area (Å²) in [5.74, 6) is 0.295. The Bertz CT molecular complexity index is 206. The molecule has 1 fully saturated rings. The maximum absolute atomic E-state index is 10.4. The predicted molar refractivity (Wildman–Crippen MR) is 63.7 cm³/mol. The van der Waals surface area contributed by atoms with Gasteiger partial charge in [0.2, 0.25) is 0 Å². The van der Waals surface area contributed by atoms with Gasteiger partial charge in [-0.1, -0.05) is 27.7 Å². The number of nitrogens with one attached hydrogen (secondary N) is 1. The standard InChI is InChI=1S/C12H26N2O/c1-8(2)12(15)6-5-11(10(13)7-12)14-9(3)4/h8-11,14-15H,5-7,13H2,1-4H3. The van der Waals surface area contributed by atoms with Gasteiger partial charge in [0.15, 0.2) is 0 Å². The van der Waals surface area contributed by atoms with Crippen LogP contribution in [0.2, 0.25) is 0 Å². The molecule has 0 amide bonds. The maximum atomic E-state index is 10.4. The molecule has 0 aliphatic heterocycles. The summed E-state index contributed by atoms with van der Waals surface area (Å²) in [6, 6.07) is 0.906. The quantitative estimate of drug-likeness (QED) is 0.663. The van der Waals surface area contributed by atoms with Gasteiger partial charge in [-0.15, -0.1) is 0 Å². The molecule has 0 aromatic rings. The Hall–Kier alpha value is -0.120. The van der Waals surface area contributed by atoms with Gasteiger partial charge in [0.1, 0.15) is 0 Å². The summed E-state index contributed by atoms with van der Waals surface area (Å²) in [7, 11) is 0. The lowest BCUT2D eigenvalue weighted by molar-refractivity contribution is -0.0496. The highest BCUT2D eigenvalue weighted by Crippen LogP contribution is 2.33. The molecular weight excluding hydrogens is 188 g/mol. The fraction of sp³-hybridized carbons (Fsp3) is 1.00. The van der Waals surface area contributed by atoms with Gasteiger partial charge in [-0.3, -0.25) is 0 Å². The number of hydrogen-bond donors (Lipinski definition) is 3.